The maximum atomic E-state index is 12.0. The van der Waals surface area contributed by atoms with Crippen molar-refractivity contribution >= 4 is 0 Å². The van der Waals surface area contributed by atoms with Gasteiger partial charge in [-0.3, -0.25) is 4.79 Å². The molecule has 0 aliphatic rings. The van der Waals surface area contributed by atoms with Gasteiger partial charge in [0.2, 0.25) is 0 Å². The van der Waals surface area contributed by atoms with Gasteiger partial charge < -0.3 is 0 Å². The molecular formula is C7H6F3NO. The van der Waals surface area contributed by atoms with Crippen molar-refractivity contribution in [2.75, 3.05) is 0 Å². The third-order valence-electron chi connectivity index (χ3n) is 1.41. The number of nitrogens with zero attached hydrogens (tertiary/aromatic N) is 1. The van der Waals surface area contributed by atoms with Gasteiger partial charge in [0, 0.05) is 11.8 Å². The third-order valence-corrected chi connectivity index (χ3v) is 1.41. The second kappa shape index (κ2) is 2.66. The topological polar surface area (TPSA) is 22.0 Å². The zero-order valence-corrected chi connectivity index (χ0v) is 6.22. The van der Waals surface area contributed by atoms with E-state index in [1.54, 1.807) is 0 Å². The number of alkyl halides is 3. The van der Waals surface area contributed by atoms with Crippen molar-refractivity contribution in [3.63, 3.8) is 0 Å². The summed E-state index contributed by atoms with van der Waals surface area (Å²) in [4.78, 5) is 10.9. The van der Waals surface area contributed by atoms with Crippen molar-refractivity contribution in [2.24, 2.45) is 0 Å². The Balaban J connectivity index is 3.37. The zero-order chi connectivity index (χ0) is 9.35. The summed E-state index contributed by atoms with van der Waals surface area (Å²) in [5, 5.41) is 0. The van der Waals surface area contributed by atoms with E-state index in [0.29, 0.717) is 6.20 Å². The highest BCUT2D eigenvalue weighted by Gasteiger charge is 2.31. The Bertz CT molecular complexity index is 339. The van der Waals surface area contributed by atoms with Crippen LogP contribution in [0.25, 0.3) is 0 Å². The van der Waals surface area contributed by atoms with Crippen LogP contribution in [-0.4, -0.2) is 4.57 Å². The molecule has 0 saturated heterocycles. The summed E-state index contributed by atoms with van der Waals surface area (Å²) in [5.74, 6) is 0. The average Bonchev–Trinajstić information content (AvgIpc) is 1.92. The van der Waals surface area contributed by atoms with Crippen molar-refractivity contribution in [1.29, 1.82) is 0 Å². The standard InChI is InChI=1S/C7H6F3NO/c1-5-3-2-4-11(6(5)12)7(8,9)10/h2-4H,1H3. The molecule has 2 nitrogen and oxygen atoms in total. The van der Waals surface area contributed by atoms with E-state index >= 15 is 0 Å². The first-order valence-corrected chi connectivity index (χ1v) is 3.18. The molecule has 0 aromatic carbocycles. The molecular weight excluding hydrogens is 171 g/mol. The second-order valence-electron chi connectivity index (χ2n) is 2.33. The first kappa shape index (κ1) is 8.83. The van der Waals surface area contributed by atoms with Gasteiger partial charge in [-0.1, -0.05) is 6.07 Å². The largest absolute Gasteiger partial charge is 0.491 e. The lowest BCUT2D eigenvalue weighted by Gasteiger charge is -2.08. The van der Waals surface area contributed by atoms with E-state index < -0.39 is 11.9 Å². The molecule has 66 valence electrons. The zero-order valence-electron chi connectivity index (χ0n) is 6.22. The van der Waals surface area contributed by atoms with Gasteiger partial charge in [0.1, 0.15) is 0 Å². The summed E-state index contributed by atoms with van der Waals surface area (Å²) in [6.45, 7) is 1.34. The van der Waals surface area contributed by atoms with Gasteiger partial charge in [-0.25, -0.2) is 4.57 Å². The number of hydrogen-bond acceptors (Lipinski definition) is 1. The Labute approximate surface area is 66.2 Å². The van der Waals surface area contributed by atoms with Crippen LogP contribution in [-0.2, 0) is 6.30 Å². The predicted molar refractivity (Wildman–Crippen MR) is 36.7 cm³/mol. The summed E-state index contributed by atoms with van der Waals surface area (Å²) in [7, 11) is 0. The highest BCUT2D eigenvalue weighted by Crippen LogP contribution is 2.19. The van der Waals surface area contributed by atoms with E-state index in [1.165, 1.54) is 19.1 Å². The van der Waals surface area contributed by atoms with Crippen molar-refractivity contribution in [3.05, 3.63) is 34.2 Å². The van der Waals surface area contributed by atoms with Crippen LogP contribution in [0.5, 0.6) is 0 Å². The van der Waals surface area contributed by atoms with Crippen molar-refractivity contribution in [2.45, 2.75) is 13.2 Å². The van der Waals surface area contributed by atoms with Gasteiger partial charge in [0.05, 0.1) is 0 Å². The molecule has 1 rings (SSSR count). The molecule has 0 aliphatic carbocycles. The molecule has 0 amide bonds. The Kier molecular flexibility index (Phi) is 1.95. The molecule has 0 radical (unpaired) electrons. The Morgan fingerprint density at radius 2 is 2.00 bits per heavy atom. The van der Waals surface area contributed by atoms with Crippen LogP contribution in [0.15, 0.2) is 23.1 Å². The van der Waals surface area contributed by atoms with Crippen LogP contribution in [0.1, 0.15) is 5.56 Å². The van der Waals surface area contributed by atoms with Crippen LogP contribution in [0.3, 0.4) is 0 Å². The molecule has 0 unspecified atom stereocenters. The molecule has 0 N–H and O–H groups in total. The van der Waals surface area contributed by atoms with Gasteiger partial charge in [-0.15, -0.1) is 13.2 Å². The maximum Gasteiger partial charge on any atom is 0.491 e. The van der Waals surface area contributed by atoms with Crippen LogP contribution in [0, 0.1) is 6.92 Å². The molecule has 0 bridgehead atoms. The molecule has 1 aromatic heterocycles. The molecule has 0 atom stereocenters. The molecule has 12 heavy (non-hydrogen) atoms. The molecule has 5 heteroatoms. The SMILES string of the molecule is Cc1cccn(C(F)(F)F)c1=O. The molecule has 0 saturated carbocycles. The minimum Gasteiger partial charge on any atom is -0.269 e. The third kappa shape index (κ3) is 1.49. The number of halogens is 3. The van der Waals surface area contributed by atoms with E-state index in [9.17, 15) is 18.0 Å². The number of aryl methyl sites for hydroxylation is 1. The molecule has 0 spiro atoms. The van der Waals surface area contributed by atoms with E-state index in [4.69, 9.17) is 0 Å². The highest BCUT2D eigenvalue weighted by atomic mass is 19.4. The lowest BCUT2D eigenvalue weighted by molar-refractivity contribution is -0.206. The van der Waals surface area contributed by atoms with E-state index in [-0.39, 0.29) is 10.1 Å². The van der Waals surface area contributed by atoms with Gasteiger partial charge in [0.25, 0.3) is 5.56 Å². The quantitative estimate of drug-likeness (QED) is 0.590. The summed E-state index contributed by atoms with van der Waals surface area (Å²) < 4.78 is 35.7. The van der Waals surface area contributed by atoms with Crippen LogP contribution < -0.4 is 5.56 Å². The number of hydrogen-bond donors (Lipinski definition) is 0. The van der Waals surface area contributed by atoms with Crippen LogP contribution >= 0.6 is 0 Å². The normalized spacial score (nSPS) is 11.7. The van der Waals surface area contributed by atoms with Gasteiger partial charge in [-0.2, -0.15) is 0 Å². The number of pyridine rings is 1. The van der Waals surface area contributed by atoms with E-state index in [2.05, 4.69) is 0 Å². The monoisotopic (exact) mass is 177 g/mol. The first-order chi connectivity index (χ1) is 5.43. The van der Waals surface area contributed by atoms with Gasteiger partial charge in [-0.05, 0) is 13.0 Å². The number of aromatic nitrogens is 1. The molecule has 1 aromatic rings. The Morgan fingerprint density at radius 1 is 1.42 bits per heavy atom. The highest BCUT2D eigenvalue weighted by molar-refractivity contribution is 5.07. The minimum absolute atomic E-state index is 0.0785. The van der Waals surface area contributed by atoms with Gasteiger partial charge >= 0.3 is 6.30 Å². The molecule has 1 heterocycles. The van der Waals surface area contributed by atoms with E-state index in [0.717, 1.165) is 0 Å². The van der Waals surface area contributed by atoms with E-state index in [1.807, 2.05) is 0 Å². The van der Waals surface area contributed by atoms with Crippen LogP contribution in [0.2, 0.25) is 0 Å². The second-order valence-corrected chi connectivity index (χ2v) is 2.33. The minimum atomic E-state index is -4.62. The lowest BCUT2D eigenvalue weighted by Crippen LogP contribution is -2.31. The fraction of sp³-hybridized carbons (Fsp3) is 0.286. The predicted octanol–water partition coefficient (Wildman–Crippen LogP) is 1.63. The van der Waals surface area contributed by atoms with Crippen molar-refractivity contribution in [3.8, 4) is 0 Å². The average molecular weight is 177 g/mol. The lowest BCUT2D eigenvalue weighted by atomic mass is 10.3. The first-order valence-electron chi connectivity index (χ1n) is 3.18. The fourth-order valence-corrected chi connectivity index (χ4v) is 0.802. The van der Waals surface area contributed by atoms with Crippen molar-refractivity contribution in [1.82, 2.24) is 4.57 Å². The number of rotatable bonds is 0. The Hall–Kier alpha value is -1.26. The fourth-order valence-electron chi connectivity index (χ4n) is 0.802. The van der Waals surface area contributed by atoms with Crippen LogP contribution in [0.4, 0.5) is 13.2 Å². The summed E-state index contributed by atoms with van der Waals surface area (Å²) in [6.07, 6.45) is -3.92. The maximum absolute atomic E-state index is 12.0. The molecule has 0 fully saturated rings. The van der Waals surface area contributed by atoms with Gasteiger partial charge in [0.15, 0.2) is 0 Å². The van der Waals surface area contributed by atoms with Crippen molar-refractivity contribution < 1.29 is 13.2 Å². The summed E-state index contributed by atoms with van der Waals surface area (Å²) in [5.41, 5.74) is -0.945. The Morgan fingerprint density at radius 3 is 2.42 bits per heavy atom. The molecule has 0 aliphatic heterocycles. The summed E-state index contributed by atoms with van der Waals surface area (Å²) >= 11 is 0. The summed E-state index contributed by atoms with van der Waals surface area (Å²) in [6, 6.07) is 2.52. The smallest absolute Gasteiger partial charge is 0.269 e.